The smallest absolute Gasteiger partial charge is 0.241 e. The molecule has 0 bridgehead atoms. The third-order valence-electron chi connectivity index (χ3n) is 7.05. The van der Waals surface area contributed by atoms with Crippen molar-refractivity contribution in [3.05, 3.63) is 94.5 Å². The molecule has 3 unspecified atom stereocenters. The van der Waals surface area contributed by atoms with Crippen LogP contribution in [0.15, 0.2) is 72.8 Å². The summed E-state index contributed by atoms with van der Waals surface area (Å²) in [7, 11) is 1.53. The van der Waals surface area contributed by atoms with Crippen LogP contribution in [0.5, 0.6) is 5.75 Å². The lowest BCUT2D eigenvalue weighted by Crippen LogP contribution is -2.51. The molecule has 3 aromatic rings. The SMILES string of the molecule is COc1ccc(C2OC3(C(=O)c4ccccc4C3=O)C3C(=O)N(c4ccc(Cl)cc4)C(=O)C23)cc1. The van der Waals surface area contributed by atoms with Gasteiger partial charge >= 0.3 is 0 Å². The second-order valence-corrected chi connectivity index (χ2v) is 9.18. The minimum absolute atomic E-state index is 0.192. The zero-order chi connectivity index (χ0) is 24.5. The highest BCUT2D eigenvalue weighted by atomic mass is 35.5. The Hall–Kier alpha value is -3.81. The minimum Gasteiger partial charge on any atom is -0.497 e. The van der Waals surface area contributed by atoms with Crippen molar-refractivity contribution >= 4 is 40.7 Å². The van der Waals surface area contributed by atoms with Crippen LogP contribution >= 0.6 is 11.6 Å². The third kappa shape index (κ3) is 2.82. The van der Waals surface area contributed by atoms with Crippen LogP contribution in [0.25, 0.3) is 0 Å². The number of Topliss-reactive ketones (excluding diaryl/α,β-unsaturated/α-hetero) is 2. The van der Waals surface area contributed by atoms with E-state index in [1.54, 1.807) is 72.8 Å². The second kappa shape index (κ2) is 7.60. The molecule has 3 atom stereocenters. The zero-order valence-corrected chi connectivity index (χ0v) is 19.2. The van der Waals surface area contributed by atoms with Gasteiger partial charge in [0.05, 0.1) is 30.7 Å². The van der Waals surface area contributed by atoms with Gasteiger partial charge in [0, 0.05) is 16.1 Å². The first-order valence-corrected chi connectivity index (χ1v) is 11.4. The molecular weight excluding hydrogens is 470 g/mol. The molecule has 3 aliphatic rings. The first-order chi connectivity index (χ1) is 16.9. The molecule has 6 rings (SSSR count). The molecule has 2 saturated heterocycles. The quantitative estimate of drug-likeness (QED) is 0.409. The van der Waals surface area contributed by atoms with Crippen molar-refractivity contribution in [1.82, 2.24) is 0 Å². The maximum Gasteiger partial charge on any atom is 0.241 e. The molecular formula is C27H18ClNO6. The van der Waals surface area contributed by atoms with Crippen LogP contribution in [0.3, 0.4) is 0 Å². The van der Waals surface area contributed by atoms with E-state index < -0.39 is 46.9 Å². The van der Waals surface area contributed by atoms with Crippen molar-refractivity contribution < 1.29 is 28.7 Å². The van der Waals surface area contributed by atoms with Gasteiger partial charge in [-0.25, -0.2) is 4.90 Å². The summed E-state index contributed by atoms with van der Waals surface area (Å²) in [6.07, 6.45) is -0.984. The largest absolute Gasteiger partial charge is 0.497 e. The number of carbonyl (C=O) groups excluding carboxylic acids is 4. The number of methoxy groups -OCH3 is 1. The van der Waals surface area contributed by atoms with Gasteiger partial charge in [0.1, 0.15) is 5.75 Å². The van der Waals surface area contributed by atoms with Gasteiger partial charge in [-0.1, -0.05) is 48.0 Å². The fourth-order valence-electron chi connectivity index (χ4n) is 5.46. The summed E-state index contributed by atoms with van der Waals surface area (Å²) in [4.78, 5) is 56.1. The molecule has 3 aromatic carbocycles. The van der Waals surface area contributed by atoms with Crippen molar-refractivity contribution in [2.45, 2.75) is 11.7 Å². The van der Waals surface area contributed by atoms with E-state index in [2.05, 4.69) is 0 Å². The van der Waals surface area contributed by atoms with Crippen molar-refractivity contribution in [1.29, 1.82) is 0 Å². The Morgan fingerprint density at radius 1 is 0.829 bits per heavy atom. The first kappa shape index (κ1) is 21.7. The molecule has 0 radical (unpaired) electrons. The van der Waals surface area contributed by atoms with Crippen molar-refractivity contribution in [3.8, 4) is 5.75 Å². The summed E-state index contributed by atoms with van der Waals surface area (Å²) in [6.45, 7) is 0. The van der Waals surface area contributed by atoms with Gasteiger partial charge in [0.15, 0.2) is 0 Å². The van der Waals surface area contributed by atoms with Crippen LogP contribution in [-0.4, -0.2) is 36.1 Å². The van der Waals surface area contributed by atoms with Gasteiger partial charge in [-0.05, 0) is 42.0 Å². The zero-order valence-electron chi connectivity index (χ0n) is 18.4. The van der Waals surface area contributed by atoms with E-state index in [9.17, 15) is 19.2 Å². The molecule has 0 saturated carbocycles. The summed E-state index contributed by atoms with van der Waals surface area (Å²) < 4.78 is 11.5. The number of rotatable bonds is 3. The Balaban J connectivity index is 1.53. The minimum atomic E-state index is -2.10. The molecule has 8 heteroatoms. The van der Waals surface area contributed by atoms with E-state index in [4.69, 9.17) is 21.1 Å². The Morgan fingerprint density at radius 3 is 2.00 bits per heavy atom. The van der Waals surface area contributed by atoms with E-state index in [-0.39, 0.29) is 11.1 Å². The van der Waals surface area contributed by atoms with E-state index >= 15 is 0 Å². The summed E-state index contributed by atoms with van der Waals surface area (Å²) in [5.74, 6) is -4.13. The van der Waals surface area contributed by atoms with Crippen LogP contribution in [-0.2, 0) is 14.3 Å². The molecule has 174 valence electrons. The van der Waals surface area contributed by atoms with E-state index in [1.165, 1.54) is 7.11 Å². The highest BCUT2D eigenvalue weighted by Gasteiger charge is 2.74. The fraction of sp³-hybridized carbons (Fsp3) is 0.185. The maximum atomic E-state index is 13.8. The Labute approximate surface area is 205 Å². The van der Waals surface area contributed by atoms with Gasteiger partial charge in [-0.15, -0.1) is 0 Å². The van der Waals surface area contributed by atoms with Crippen LogP contribution in [0.1, 0.15) is 32.4 Å². The lowest BCUT2D eigenvalue weighted by Gasteiger charge is -2.27. The fourth-order valence-corrected chi connectivity index (χ4v) is 5.58. The van der Waals surface area contributed by atoms with E-state index in [1.807, 2.05) is 0 Å². The molecule has 1 spiro atoms. The Bertz CT molecular complexity index is 1380. The number of amides is 2. The van der Waals surface area contributed by atoms with E-state index in [0.717, 1.165) is 4.90 Å². The topological polar surface area (TPSA) is 90.0 Å². The lowest BCUT2D eigenvalue weighted by atomic mass is 9.77. The number of imide groups is 1. The Morgan fingerprint density at radius 2 is 1.43 bits per heavy atom. The molecule has 35 heavy (non-hydrogen) atoms. The monoisotopic (exact) mass is 487 g/mol. The number of halogens is 1. The number of nitrogens with zero attached hydrogens (tertiary/aromatic N) is 1. The maximum absolute atomic E-state index is 13.8. The van der Waals surface area contributed by atoms with E-state index in [0.29, 0.717) is 22.0 Å². The predicted octanol–water partition coefficient (Wildman–Crippen LogP) is 4.04. The normalized spacial score (nSPS) is 24.3. The van der Waals surface area contributed by atoms with Gasteiger partial charge in [-0.3, -0.25) is 19.2 Å². The van der Waals surface area contributed by atoms with Crippen molar-refractivity contribution in [2.75, 3.05) is 12.0 Å². The van der Waals surface area contributed by atoms with Crippen LogP contribution < -0.4 is 9.64 Å². The molecule has 2 aliphatic heterocycles. The number of carbonyl (C=O) groups is 4. The van der Waals surface area contributed by atoms with Gasteiger partial charge < -0.3 is 9.47 Å². The standard InChI is InChI=1S/C27H18ClNO6/c1-34-17-12-6-14(7-13-17)22-20-21(26(33)29(25(20)32)16-10-8-15(28)9-11-16)27(35-22)23(30)18-4-2-3-5-19(18)24(27)31/h2-13,20-22H,1H3. The van der Waals surface area contributed by atoms with Crippen molar-refractivity contribution in [2.24, 2.45) is 11.8 Å². The number of hydrogen-bond acceptors (Lipinski definition) is 6. The van der Waals surface area contributed by atoms with Gasteiger partial charge in [-0.2, -0.15) is 0 Å². The molecule has 1 aliphatic carbocycles. The molecule has 0 aromatic heterocycles. The summed E-state index contributed by atoms with van der Waals surface area (Å²) in [5.41, 5.74) is -0.841. The molecule has 2 heterocycles. The molecule has 2 amide bonds. The summed E-state index contributed by atoms with van der Waals surface area (Å²) in [6, 6.07) is 19.5. The Kier molecular flexibility index (Phi) is 4.71. The van der Waals surface area contributed by atoms with Crippen LogP contribution in [0.2, 0.25) is 5.02 Å². The number of ketones is 2. The third-order valence-corrected chi connectivity index (χ3v) is 7.30. The summed E-state index contributed by atoms with van der Waals surface area (Å²) in [5, 5.41) is 0.445. The molecule has 7 nitrogen and oxygen atoms in total. The first-order valence-electron chi connectivity index (χ1n) is 11.0. The van der Waals surface area contributed by atoms with Gasteiger partial charge in [0.2, 0.25) is 29.0 Å². The number of ether oxygens (including phenoxy) is 2. The number of anilines is 1. The highest BCUT2D eigenvalue weighted by Crippen LogP contribution is 2.57. The number of hydrogen-bond donors (Lipinski definition) is 0. The molecule has 2 fully saturated rings. The van der Waals surface area contributed by atoms with Crippen LogP contribution in [0.4, 0.5) is 5.69 Å². The molecule has 0 N–H and O–H groups in total. The highest BCUT2D eigenvalue weighted by molar-refractivity contribution is 6.37. The summed E-state index contributed by atoms with van der Waals surface area (Å²) >= 11 is 6.00. The number of benzene rings is 3. The average molecular weight is 488 g/mol. The van der Waals surface area contributed by atoms with Crippen LogP contribution in [0, 0.1) is 11.8 Å². The average Bonchev–Trinajstić information content (AvgIpc) is 3.45. The van der Waals surface area contributed by atoms with Crippen molar-refractivity contribution in [3.63, 3.8) is 0 Å². The second-order valence-electron chi connectivity index (χ2n) is 8.74. The lowest BCUT2D eigenvalue weighted by molar-refractivity contribution is -0.127. The predicted molar refractivity (Wildman–Crippen MR) is 126 cm³/mol. The number of fused-ring (bicyclic) bond motifs is 3. The van der Waals surface area contributed by atoms with Gasteiger partial charge in [0.25, 0.3) is 0 Å².